The molecule has 6 heteroatoms. The summed E-state index contributed by atoms with van der Waals surface area (Å²) in [5.74, 6) is -0.418. The summed E-state index contributed by atoms with van der Waals surface area (Å²) in [5.41, 5.74) is 7.90. The van der Waals surface area contributed by atoms with E-state index in [9.17, 15) is 9.59 Å². The van der Waals surface area contributed by atoms with Crippen molar-refractivity contribution in [2.75, 3.05) is 17.2 Å². The number of anilines is 2. The first-order valence-electron chi connectivity index (χ1n) is 7.17. The number of aryl methyl sites for hydroxylation is 1. The Kier molecular flexibility index (Phi) is 5.73. The standard InChI is InChI=1S/C17H18ClN3O2/c1-11-10-12(20-16(22)8-9-19)6-7-15(11)21-17(23)13-4-2-3-5-14(13)18/h2-7,10H,8-9,19H2,1H3,(H,20,22)(H,21,23). The average molecular weight is 332 g/mol. The maximum atomic E-state index is 12.3. The molecule has 2 aromatic carbocycles. The van der Waals surface area contributed by atoms with E-state index in [0.717, 1.165) is 5.56 Å². The summed E-state index contributed by atoms with van der Waals surface area (Å²) in [7, 11) is 0. The average Bonchev–Trinajstić information content (AvgIpc) is 2.50. The van der Waals surface area contributed by atoms with Gasteiger partial charge in [0.05, 0.1) is 10.6 Å². The van der Waals surface area contributed by atoms with Crippen LogP contribution in [0.5, 0.6) is 0 Å². The van der Waals surface area contributed by atoms with Crippen molar-refractivity contribution in [2.45, 2.75) is 13.3 Å². The predicted octanol–water partition coefficient (Wildman–Crippen LogP) is 3.19. The van der Waals surface area contributed by atoms with E-state index in [2.05, 4.69) is 10.6 Å². The van der Waals surface area contributed by atoms with Gasteiger partial charge in [0.25, 0.3) is 5.91 Å². The summed E-state index contributed by atoms with van der Waals surface area (Å²) in [5, 5.41) is 5.97. The quantitative estimate of drug-likeness (QED) is 0.786. The molecule has 120 valence electrons. The molecule has 0 spiro atoms. The van der Waals surface area contributed by atoms with E-state index < -0.39 is 0 Å². The van der Waals surface area contributed by atoms with Gasteiger partial charge in [-0.15, -0.1) is 0 Å². The molecule has 23 heavy (non-hydrogen) atoms. The van der Waals surface area contributed by atoms with Gasteiger partial charge in [-0.05, 0) is 42.8 Å². The molecule has 5 nitrogen and oxygen atoms in total. The first-order chi connectivity index (χ1) is 11.0. The van der Waals surface area contributed by atoms with Crippen molar-refractivity contribution in [1.29, 1.82) is 0 Å². The Hall–Kier alpha value is -2.37. The Morgan fingerprint density at radius 2 is 1.87 bits per heavy atom. The highest BCUT2D eigenvalue weighted by Gasteiger charge is 2.11. The molecule has 0 bridgehead atoms. The van der Waals surface area contributed by atoms with Crippen LogP contribution in [0.4, 0.5) is 11.4 Å². The highest BCUT2D eigenvalue weighted by atomic mass is 35.5. The lowest BCUT2D eigenvalue weighted by molar-refractivity contribution is -0.116. The van der Waals surface area contributed by atoms with E-state index >= 15 is 0 Å². The molecule has 0 heterocycles. The van der Waals surface area contributed by atoms with E-state index in [0.29, 0.717) is 28.5 Å². The molecule has 0 unspecified atom stereocenters. The first kappa shape index (κ1) is 17.0. The fourth-order valence-corrected chi connectivity index (χ4v) is 2.29. The van der Waals surface area contributed by atoms with Crippen LogP contribution in [-0.2, 0) is 4.79 Å². The topological polar surface area (TPSA) is 84.2 Å². The molecule has 0 fully saturated rings. The second-order valence-corrected chi connectivity index (χ2v) is 5.46. The van der Waals surface area contributed by atoms with E-state index in [-0.39, 0.29) is 18.2 Å². The third-order valence-corrected chi connectivity index (χ3v) is 3.58. The number of nitrogens with two attached hydrogens (primary N) is 1. The van der Waals surface area contributed by atoms with Crippen LogP contribution in [0.1, 0.15) is 22.3 Å². The lowest BCUT2D eigenvalue weighted by atomic mass is 10.1. The highest BCUT2D eigenvalue weighted by Crippen LogP contribution is 2.22. The molecule has 0 radical (unpaired) electrons. The smallest absolute Gasteiger partial charge is 0.257 e. The van der Waals surface area contributed by atoms with E-state index in [4.69, 9.17) is 17.3 Å². The van der Waals surface area contributed by atoms with Gasteiger partial charge in [-0.1, -0.05) is 23.7 Å². The van der Waals surface area contributed by atoms with Gasteiger partial charge in [-0.3, -0.25) is 9.59 Å². The number of benzene rings is 2. The minimum absolute atomic E-state index is 0.139. The van der Waals surface area contributed by atoms with Crippen LogP contribution < -0.4 is 16.4 Å². The second kappa shape index (κ2) is 7.76. The van der Waals surface area contributed by atoms with Crippen molar-refractivity contribution in [3.63, 3.8) is 0 Å². The fourth-order valence-electron chi connectivity index (χ4n) is 2.07. The van der Waals surface area contributed by atoms with Gasteiger partial charge in [0.2, 0.25) is 5.91 Å². The monoisotopic (exact) mass is 331 g/mol. The fraction of sp³-hybridized carbons (Fsp3) is 0.176. The van der Waals surface area contributed by atoms with Crippen LogP contribution in [0.2, 0.25) is 5.02 Å². The lowest BCUT2D eigenvalue weighted by Gasteiger charge is -2.11. The number of hydrogen-bond donors (Lipinski definition) is 3. The van der Waals surface area contributed by atoms with Gasteiger partial charge < -0.3 is 16.4 Å². The van der Waals surface area contributed by atoms with Gasteiger partial charge in [0, 0.05) is 24.3 Å². The molecule has 0 saturated carbocycles. The molecule has 0 saturated heterocycles. The van der Waals surface area contributed by atoms with Crippen molar-refractivity contribution in [3.8, 4) is 0 Å². The van der Waals surface area contributed by atoms with Crippen LogP contribution in [-0.4, -0.2) is 18.4 Å². The lowest BCUT2D eigenvalue weighted by Crippen LogP contribution is -2.16. The van der Waals surface area contributed by atoms with Crippen molar-refractivity contribution >= 4 is 34.8 Å². The van der Waals surface area contributed by atoms with E-state index in [1.165, 1.54) is 0 Å². The van der Waals surface area contributed by atoms with Gasteiger partial charge in [-0.25, -0.2) is 0 Å². The Labute approximate surface area is 139 Å². The van der Waals surface area contributed by atoms with Crippen LogP contribution in [0.3, 0.4) is 0 Å². The van der Waals surface area contributed by atoms with E-state index in [1.54, 1.807) is 42.5 Å². The first-order valence-corrected chi connectivity index (χ1v) is 7.55. The molecule has 0 aliphatic heterocycles. The number of rotatable bonds is 5. The third-order valence-electron chi connectivity index (χ3n) is 3.25. The van der Waals surface area contributed by atoms with E-state index in [1.807, 2.05) is 6.92 Å². The Morgan fingerprint density at radius 1 is 1.13 bits per heavy atom. The molecular weight excluding hydrogens is 314 g/mol. The third kappa shape index (κ3) is 4.55. The molecular formula is C17H18ClN3O2. The largest absolute Gasteiger partial charge is 0.330 e. The zero-order valence-electron chi connectivity index (χ0n) is 12.7. The summed E-state index contributed by atoms with van der Waals surface area (Å²) in [6.07, 6.45) is 0.268. The number of halogens is 1. The minimum Gasteiger partial charge on any atom is -0.330 e. The number of hydrogen-bond acceptors (Lipinski definition) is 3. The Bertz CT molecular complexity index is 732. The molecule has 0 aromatic heterocycles. The van der Waals surface area contributed by atoms with Crippen LogP contribution in [0.15, 0.2) is 42.5 Å². The van der Waals surface area contributed by atoms with Crippen molar-refractivity contribution in [2.24, 2.45) is 5.73 Å². The molecule has 0 aliphatic carbocycles. The Balaban J connectivity index is 2.11. The summed E-state index contributed by atoms with van der Waals surface area (Å²) in [6.45, 7) is 2.15. The number of nitrogens with one attached hydrogen (secondary N) is 2. The SMILES string of the molecule is Cc1cc(NC(=O)CCN)ccc1NC(=O)c1ccccc1Cl. The summed E-state index contributed by atoms with van der Waals surface area (Å²) < 4.78 is 0. The summed E-state index contributed by atoms with van der Waals surface area (Å²) in [4.78, 5) is 23.8. The van der Waals surface area contributed by atoms with Gasteiger partial charge in [0.1, 0.15) is 0 Å². The maximum absolute atomic E-state index is 12.3. The summed E-state index contributed by atoms with van der Waals surface area (Å²) in [6, 6.07) is 12.1. The minimum atomic E-state index is -0.279. The number of carbonyl (C=O) groups excluding carboxylic acids is 2. The second-order valence-electron chi connectivity index (χ2n) is 5.05. The zero-order chi connectivity index (χ0) is 16.8. The summed E-state index contributed by atoms with van der Waals surface area (Å²) >= 11 is 6.02. The molecule has 2 aromatic rings. The van der Waals surface area contributed by atoms with Crippen molar-refractivity contribution in [3.05, 3.63) is 58.6 Å². The normalized spacial score (nSPS) is 10.2. The zero-order valence-corrected chi connectivity index (χ0v) is 13.5. The maximum Gasteiger partial charge on any atom is 0.257 e. The van der Waals surface area contributed by atoms with Crippen LogP contribution >= 0.6 is 11.6 Å². The molecule has 4 N–H and O–H groups in total. The Morgan fingerprint density at radius 3 is 2.52 bits per heavy atom. The van der Waals surface area contributed by atoms with Gasteiger partial charge >= 0.3 is 0 Å². The van der Waals surface area contributed by atoms with Crippen molar-refractivity contribution < 1.29 is 9.59 Å². The van der Waals surface area contributed by atoms with Crippen molar-refractivity contribution in [1.82, 2.24) is 0 Å². The number of carbonyl (C=O) groups is 2. The predicted molar refractivity (Wildman–Crippen MR) is 92.9 cm³/mol. The highest BCUT2D eigenvalue weighted by molar-refractivity contribution is 6.34. The van der Waals surface area contributed by atoms with Gasteiger partial charge in [0.15, 0.2) is 0 Å². The molecule has 0 aliphatic rings. The van der Waals surface area contributed by atoms with Crippen LogP contribution in [0, 0.1) is 6.92 Å². The number of amides is 2. The molecule has 0 atom stereocenters. The molecule has 2 amide bonds. The van der Waals surface area contributed by atoms with Gasteiger partial charge in [-0.2, -0.15) is 0 Å². The molecule has 2 rings (SSSR count). The van der Waals surface area contributed by atoms with Crippen LogP contribution in [0.25, 0.3) is 0 Å².